The lowest BCUT2D eigenvalue weighted by Gasteiger charge is -2.30. The second-order valence-corrected chi connectivity index (χ2v) is 8.99. The Morgan fingerprint density at radius 3 is 2.64 bits per heavy atom. The molecular weight excluding hydrogens is 456 g/mol. The molecule has 1 N–H and O–H groups in total. The van der Waals surface area contributed by atoms with E-state index in [1.165, 1.54) is 0 Å². The van der Waals surface area contributed by atoms with Crippen LogP contribution in [0.5, 0.6) is 17.2 Å². The molecule has 0 radical (unpaired) electrons. The molecular formula is C29H32N2O5. The molecule has 1 aliphatic heterocycles. The summed E-state index contributed by atoms with van der Waals surface area (Å²) >= 11 is 0. The zero-order chi connectivity index (χ0) is 25.5. The molecule has 1 aliphatic rings. The third-order valence-corrected chi connectivity index (χ3v) is 5.92. The van der Waals surface area contributed by atoms with Crippen LogP contribution < -0.4 is 24.4 Å². The van der Waals surface area contributed by atoms with Crippen molar-refractivity contribution >= 4 is 23.2 Å². The van der Waals surface area contributed by atoms with E-state index in [0.29, 0.717) is 36.0 Å². The average Bonchev–Trinajstić information content (AvgIpc) is 2.85. The van der Waals surface area contributed by atoms with Crippen LogP contribution >= 0.6 is 0 Å². The van der Waals surface area contributed by atoms with Crippen molar-refractivity contribution in [2.75, 3.05) is 36.6 Å². The number of nitrogens with zero attached hydrogens (tertiary/aromatic N) is 1. The molecule has 3 aromatic carbocycles. The molecule has 0 atom stereocenters. The third kappa shape index (κ3) is 6.56. The van der Waals surface area contributed by atoms with Crippen molar-refractivity contribution < 1.29 is 23.8 Å². The smallest absolute Gasteiger partial charge is 0.265 e. The summed E-state index contributed by atoms with van der Waals surface area (Å²) in [4.78, 5) is 26.8. The Labute approximate surface area is 212 Å². The van der Waals surface area contributed by atoms with E-state index < -0.39 is 0 Å². The molecule has 3 aromatic rings. The normalized spacial score (nSPS) is 12.5. The van der Waals surface area contributed by atoms with Crippen molar-refractivity contribution in [2.24, 2.45) is 0 Å². The van der Waals surface area contributed by atoms with Gasteiger partial charge in [0.25, 0.3) is 11.8 Å². The minimum absolute atomic E-state index is 0.00216. The van der Waals surface area contributed by atoms with Gasteiger partial charge in [0.05, 0.1) is 12.3 Å². The summed E-state index contributed by atoms with van der Waals surface area (Å²) in [5.74, 6) is 1.77. The van der Waals surface area contributed by atoms with E-state index in [4.69, 9.17) is 14.2 Å². The van der Waals surface area contributed by atoms with Gasteiger partial charge in [-0.2, -0.15) is 0 Å². The SMILES string of the molecule is Cc1cccc(OCCCCN2C(=O)COc3ccc(NC(=O)COc4cc(C)ccc4C)cc32)c1. The number of unbranched alkanes of at least 4 members (excludes halogenated alkanes) is 1. The van der Waals surface area contributed by atoms with Gasteiger partial charge >= 0.3 is 0 Å². The Bertz CT molecular complexity index is 1240. The fourth-order valence-electron chi connectivity index (χ4n) is 4.00. The summed E-state index contributed by atoms with van der Waals surface area (Å²) in [7, 11) is 0. The van der Waals surface area contributed by atoms with Crippen molar-refractivity contribution in [3.8, 4) is 17.2 Å². The molecule has 7 heteroatoms. The second kappa shape index (κ2) is 11.6. The first kappa shape index (κ1) is 25.1. The number of hydrogen-bond acceptors (Lipinski definition) is 5. The molecule has 4 rings (SSSR count). The average molecular weight is 489 g/mol. The van der Waals surface area contributed by atoms with Crippen LogP contribution in [0.3, 0.4) is 0 Å². The summed E-state index contributed by atoms with van der Waals surface area (Å²) < 4.78 is 17.1. The molecule has 0 spiro atoms. The van der Waals surface area contributed by atoms with Crippen LogP contribution in [-0.4, -0.2) is 38.2 Å². The van der Waals surface area contributed by atoms with E-state index in [1.807, 2.05) is 63.2 Å². The number of amides is 2. The Kier molecular flexibility index (Phi) is 8.10. The number of anilines is 2. The van der Waals surface area contributed by atoms with Gasteiger partial charge < -0.3 is 24.4 Å². The van der Waals surface area contributed by atoms with Crippen molar-refractivity contribution in [1.29, 1.82) is 0 Å². The highest BCUT2D eigenvalue weighted by Gasteiger charge is 2.25. The zero-order valence-corrected chi connectivity index (χ0v) is 21.0. The van der Waals surface area contributed by atoms with Gasteiger partial charge in [-0.25, -0.2) is 0 Å². The van der Waals surface area contributed by atoms with E-state index in [-0.39, 0.29) is 25.0 Å². The van der Waals surface area contributed by atoms with E-state index in [2.05, 4.69) is 5.32 Å². The molecule has 0 saturated carbocycles. The van der Waals surface area contributed by atoms with Gasteiger partial charge in [0.2, 0.25) is 0 Å². The maximum atomic E-state index is 12.6. The van der Waals surface area contributed by atoms with Gasteiger partial charge in [0, 0.05) is 12.2 Å². The molecule has 1 heterocycles. The molecule has 7 nitrogen and oxygen atoms in total. The number of rotatable bonds is 10. The van der Waals surface area contributed by atoms with Crippen molar-refractivity contribution in [3.63, 3.8) is 0 Å². The number of carbonyl (C=O) groups is 2. The van der Waals surface area contributed by atoms with Crippen LogP contribution in [0.4, 0.5) is 11.4 Å². The van der Waals surface area contributed by atoms with Crippen molar-refractivity contribution in [1.82, 2.24) is 0 Å². The summed E-state index contributed by atoms with van der Waals surface area (Å²) in [5.41, 5.74) is 4.42. The zero-order valence-electron chi connectivity index (χ0n) is 21.0. The second-order valence-electron chi connectivity index (χ2n) is 8.99. The Morgan fingerprint density at radius 1 is 0.972 bits per heavy atom. The predicted octanol–water partition coefficient (Wildman–Crippen LogP) is 5.21. The summed E-state index contributed by atoms with van der Waals surface area (Å²) in [6.07, 6.45) is 1.58. The Balaban J connectivity index is 1.32. The van der Waals surface area contributed by atoms with Gasteiger partial charge in [0.1, 0.15) is 17.2 Å². The molecule has 2 amide bonds. The van der Waals surface area contributed by atoms with Gasteiger partial charge in [-0.1, -0.05) is 24.3 Å². The third-order valence-electron chi connectivity index (χ3n) is 5.92. The predicted molar refractivity (Wildman–Crippen MR) is 140 cm³/mol. The summed E-state index contributed by atoms with van der Waals surface area (Å²) in [6.45, 7) is 6.96. The number of aryl methyl sites for hydroxylation is 3. The van der Waals surface area contributed by atoms with E-state index in [1.54, 1.807) is 23.1 Å². The van der Waals surface area contributed by atoms with E-state index >= 15 is 0 Å². The first-order valence-electron chi connectivity index (χ1n) is 12.2. The molecule has 36 heavy (non-hydrogen) atoms. The monoisotopic (exact) mass is 488 g/mol. The van der Waals surface area contributed by atoms with E-state index in [9.17, 15) is 9.59 Å². The lowest BCUT2D eigenvalue weighted by atomic mass is 10.1. The summed E-state index contributed by atoms with van der Waals surface area (Å²) in [6, 6.07) is 19.1. The van der Waals surface area contributed by atoms with Crippen molar-refractivity contribution in [2.45, 2.75) is 33.6 Å². The lowest BCUT2D eigenvalue weighted by Crippen LogP contribution is -2.39. The van der Waals surface area contributed by atoms with Crippen LogP contribution in [-0.2, 0) is 9.59 Å². The lowest BCUT2D eigenvalue weighted by molar-refractivity contribution is -0.121. The number of fused-ring (bicyclic) bond motifs is 1. The van der Waals surface area contributed by atoms with Crippen LogP contribution in [0.2, 0.25) is 0 Å². The van der Waals surface area contributed by atoms with Gasteiger partial charge in [-0.05, 0) is 86.7 Å². The number of ether oxygens (including phenoxy) is 3. The molecule has 188 valence electrons. The molecule has 0 fully saturated rings. The molecule has 0 aliphatic carbocycles. The quantitative estimate of drug-likeness (QED) is 0.396. The number of carbonyl (C=O) groups excluding carboxylic acids is 2. The first-order chi connectivity index (χ1) is 17.4. The minimum atomic E-state index is -0.279. The minimum Gasteiger partial charge on any atom is -0.494 e. The maximum Gasteiger partial charge on any atom is 0.265 e. The number of nitrogens with one attached hydrogen (secondary N) is 1. The van der Waals surface area contributed by atoms with Crippen LogP contribution in [0.15, 0.2) is 60.7 Å². The largest absolute Gasteiger partial charge is 0.494 e. The fraction of sp³-hybridized carbons (Fsp3) is 0.310. The Morgan fingerprint density at radius 2 is 1.81 bits per heavy atom. The topological polar surface area (TPSA) is 77.1 Å². The Hall–Kier alpha value is -4.00. The molecule has 0 bridgehead atoms. The van der Waals surface area contributed by atoms with Crippen LogP contribution in [0, 0.1) is 20.8 Å². The van der Waals surface area contributed by atoms with Gasteiger partial charge in [-0.3, -0.25) is 9.59 Å². The first-order valence-corrected chi connectivity index (χ1v) is 12.2. The maximum absolute atomic E-state index is 12.6. The number of hydrogen-bond donors (Lipinski definition) is 1. The molecule has 0 unspecified atom stereocenters. The molecule has 0 aromatic heterocycles. The van der Waals surface area contributed by atoms with Crippen LogP contribution in [0.1, 0.15) is 29.5 Å². The highest BCUT2D eigenvalue weighted by molar-refractivity contribution is 5.99. The molecule has 0 saturated heterocycles. The van der Waals surface area contributed by atoms with Gasteiger partial charge in [0.15, 0.2) is 13.2 Å². The van der Waals surface area contributed by atoms with Gasteiger partial charge in [-0.15, -0.1) is 0 Å². The highest BCUT2D eigenvalue weighted by atomic mass is 16.5. The number of benzene rings is 3. The summed E-state index contributed by atoms with van der Waals surface area (Å²) in [5, 5.41) is 2.85. The van der Waals surface area contributed by atoms with Crippen molar-refractivity contribution in [3.05, 3.63) is 77.4 Å². The highest BCUT2D eigenvalue weighted by Crippen LogP contribution is 2.35. The fourth-order valence-corrected chi connectivity index (χ4v) is 4.00. The van der Waals surface area contributed by atoms with E-state index in [0.717, 1.165) is 35.3 Å². The van der Waals surface area contributed by atoms with Crippen LogP contribution in [0.25, 0.3) is 0 Å². The standard InChI is InChI=1S/C29H32N2O5/c1-20-7-6-8-24(15-20)34-14-5-4-13-31-25-17-23(11-12-26(25)36-19-29(31)33)30-28(32)18-35-27-16-21(2)9-10-22(27)3/h6-12,15-17H,4-5,13-14,18-19H2,1-3H3,(H,30,32).